The van der Waals surface area contributed by atoms with Gasteiger partial charge in [0.1, 0.15) is 0 Å². The van der Waals surface area contributed by atoms with Gasteiger partial charge < -0.3 is 11.1 Å². The summed E-state index contributed by atoms with van der Waals surface area (Å²) in [6.07, 6.45) is -1.96. The first-order valence-corrected chi connectivity index (χ1v) is 8.58. The number of nitrogens with one attached hydrogen (secondary N) is 1. The van der Waals surface area contributed by atoms with E-state index in [9.17, 15) is 18.0 Å². The van der Waals surface area contributed by atoms with Gasteiger partial charge in [-0.3, -0.25) is 4.79 Å². The molecule has 0 spiro atoms. The van der Waals surface area contributed by atoms with Crippen molar-refractivity contribution in [3.05, 3.63) is 65.2 Å². The second-order valence-electron chi connectivity index (χ2n) is 6.83. The molecule has 2 aromatic carbocycles. The van der Waals surface area contributed by atoms with Crippen LogP contribution in [0.1, 0.15) is 36.0 Å². The molecular weight excluding hydrogens is 377 g/mol. The van der Waals surface area contributed by atoms with Gasteiger partial charge in [-0.15, -0.1) is 12.4 Å². The number of aryl methyl sites for hydroxylation is 1. The zero-order chi connectivity index (χ0) is 18.8. The average molecular weight is 399 g/mol. The molecule has 3 rings (SSSR count). The molecular formula is C20H22ClF3N2O. The lowest BCUT2D eigenvalue weighted by molar-refractivity contribution is -0.137. The Morgan fingerprint density at radius 1 is 1.11 bits per heavy atom. The highest BCUT2D eigenvalue weighted by Gasteiger charge is 2.45. The van der Waals surface area contributed by atoms with Crippen molar-refractivity contribution >= 4 is 24.0 Å². The van der Waals surface area contributed by atoms with Crippen LogP contribution in [0.25, 0.3) is 0 Å². The van der Waals surface area contributed by atoms with E-state index in [0.29, 0.717) is 30.6 Å². The maximum atomic E-state index is 12.9. The molecule has 0 bridgehead atoms. The molecule has 1 aliphatic rings. The van der Waals surface area contributed by atoms with Crippen molar-refractivity contribution in [2.75, 3.05) is 12.3 Å². The second kappa shape index (κ2) is 8.21. The fourth-order valence-electron chi connectivity index (χ4n) is 3.11. The van der Waals surface area contributed by atoms with Crippen LogP contribution in [0.2, 0.25) is 0 Å². The van der Waals surface area contributed by atoms with E-state index in [1.165, 1.54) is 12.1 Å². The van der Waals surface area contributed by atoms with Gasteiger partial charge in [0.15, 0.2) is 0 Å². The van der Waals surface area contributed by atoms with Crippen LogP contribution >= 0.6 is 12.4 Å². The van der Waals surface area contributed by atoms with E-state index in [-0.39, 0.29) is 23.7 Å². The fraction of sp³-hybridized carbons (Fsp3) is 0.350. The van der Waals surface area contributed by atoms with Gasteiger partial charge in [0, 0.05) is 24.1 Å². The summed E-state index contributed by atoms with van der Waals surface area (Å²) in [7, 11) is 0. The number of alkyl halides is 3. The van der Waals surface area contributed by atoms with Crippen LogP contribution < -0.4 is 11.1 Å². The molecule has 0 saturated heterocycles. The third-order valence-electron chi connectivity index (χ3n) is 4.96. The van der Waals surface area contributed by atoms with E-state index < -0.39 is 11.7 Å². The van der Waals surface area contributed by atoms with E-state index >= 15 is 0 Å². The van der Waals surface area contributed by atoms with Crippen molar-refractivity contribution in [1.29, 1.82) is 0 Å². The molecule has 7 heteroatoms. The van der Waals surface area contributed by atoms with Gasteiger partial charge >= 0.3 is 6.18 Å². The van der Waals surface area contributed by atoms with Crippen molar-refractivity contribution in [3.63, 3.8) is 0 Å². The average Bonchev–Trinajstić information content (AvgIpc) is 3.40. The number of hydrogen-bond donors (Lipinski definition) is 2. The Morgan fingerprint density at radius 2 is 1.81 bits per heavy atom. The van der Waals surface area contributed by atoms with Gasteiger partial charge in [-0.05, 0) is 42.5 Å². The Hall–Kier alpha value is -2.21. The highest BCUT2D eigenvalue weighted by Crippen LogP contribution is 2.48. The topological polar surface area (TPSA) is 55.1 Å². The van der Waals surface area contributed by atoms with E-state index in [1.807, 2.05) is 18.2 Å². The number of carbonyl (C=O) groups excluding carboxylic acids is 1. The molecule has 0 aliphatic heterocycles. The van der Waals surface area contributed by atoms with Crippen LogP contribution in [0, 0.1) is 0 Å². The number of para-hydroxylation sites is 1. The van der Waals surface area contributed by atoms with E-state index in [4.69, 9.17) is 5.73 Å². The van der Waals surface area contributed by atoms with Gasteiger partial charge in [0.25, 0.3) is 0 Å². The zero-order valence-electron chi connectivity index (χ0n) is 14.7. The van der Waals surface area contributed by atoms with Crippen LogP contribution in [0.4, 0.5) is 18.9 Å². The number of carbonyl (C=O) groups is 1. The van der Waals surface area contributed by atoms with Crippen LogP contribution in [0.5, 0.6) is 0 Å². The number of nitrogens with two attached hydrogens (primary N) is 1. The fourth-order valence-corrected chi connectivity index (χ4v) is 3.11. The smallest absolute Gasteiger partial charge is 0.399 e. The van der Waals surface area contributed by atoms with Crippen LogP contribution in [0.3, 0.4) is 0 Å². The quantitative estimate of drug-likeness (QED) is 0.704. The van der Waals surface area contributed by atoms with Gasteiger partial charge in [0.05, 0.1) is 5.56 Å². The molecule has 0 radical (unpaired) electrons. The Bertz CT molecular complexity index is 804. The molecule has 0 heterocycles. The third kappa shape index (κ3) is 5.16. The summed E-state index contributed by atoms with van der Waals surface area (Å²) in [4.78, 5) is 12.1. The molecule has 1 aliphatic carbocycles. The SMILES string of the molecule is Cl.Nc1ccccc1CCC(=O)NCC1(c2cccc(C(F)(F)F)c2)CC1. The van der Waals surface area contributed by atoms with Crippen LogP contribution in [-0.4, -0.2) is 12.5 Å². The highest BCUT2D eigenvalue weighted by atomic mass is 35.5. The highest BCUT2D eigenvalue weighted by molar-refractivity contribution is 5.85. The molecule has 146 valence electrons. The molecule has 0 unspecified atom stereocenters. The van der Waals surface area contributed by atoms with Gasteiger partial charge in [-0.25, -0.2) is 0 Å². The molecule has 1 fully saturated rings. The van der Waals surface area contributed by atoms with Crippen LogP contribution in [0.15, 0.2) is 48.5 Å². The summed E-state index contributed by atoms with van der Waals surface area (Å²) in [6, 6.07) is 12.8. The van der Waals surface area contributed by atoms with E-state index in [2.05, 4.69) is 5.32 Å². The van der Waals surface area contributed by atoms with Crippen molar-refractivity contribution < 1.29 is 18.0 Å². The molecule has 27 heavy (non-hydrogen) atoms. The number of benzene rings is 2. The lowest BCUT2D eigenvalue weighted by Gasteiger charge is -2.18. The molecule has 0 atom stereocenters. The molecule has 3 nitrogen and oxygen atoms in total. The van der Waals surface area contributed by atoms with Crippen molar-refractivity contribution in [2.24, 2.45) is 0 Å². The number of hydrogen-bond acceptors (Lipinski definition) is 2. The number of anilines is 1. The maximum absolute atomic E-state index is 12.9. The molecule has 2 aromatic rings. The summed E-state index contributed by atoms with van der Waals surface area (Å²) in [5, 5.41) is 2.87. The standard InChI is InChI=1S/C20H21F3N2O.ClH/c21-20(22,23)16-6-3-5-15(12-16)19(10-11-19)13-25-18(26)9-8-14-4-1-2-7-17(14)24;/h1-7,12H,8-11,13,24H2,(H,25,26);1H. The Morgan fingerprint density at radius 3 is 2.44 bits per heavy atom. The summed E-state index contributed by atoms with van der Waals surface area (Å²) >= 11 is 0. The normalized spacial score (nSPS) is 14.9. The first-order chi connectivity index (χ1) is 12.3. The van der Waals surface area contributed by atoms with Gasteiger partial charge in [0.2, 0.25) is 5.91 Å². The third-order valence-corrected chi connectivity index (χ3v) is 4.96. The minimum absolute atomic E-state index is 0. The molecule has 1 saturated carbocycles. The molecule has 1 amide bonds. The minimum Gasteiger partial charge on any atom is -0.399 e. The lowest BCUT2D eigenvalue weighted by atomic mass is 9.94. The lowest BCUT2D eigenvalue weighted by Crippen LogP contribution is -2.32. The van der Waals surface area contributed by atoms with Crippen molar-refractivity contribution in [2.45, 2.75) is 37.3 Å². The number of amides is 1. The van der Waals surface area contributed by atoms with Gasteiger partial charge in [-0.1, -0.05) is 36.4 Å². The predicted molar refractivity (Wildman–Crippen MR) is 102 cm³/mol. The van der Waals surface area contributed by atoms with E-state index in [0.717, 1.165) is 24.5 Å². The Kier molecular flexibility index (Phi) is 6.42. The zero-order valence-corrected chi connectivity index (χ0v) is 15.5. The maximum Gasteiger partial charge on any atom is 0.416 e. The molecule has 3 N–H and O–H groups in total. The van der Waals surface area contributed by atoms with Crippen molar-refractivity contribution in [3.8, 4) is 0 Å². The molecule has 0 aromatic heterocycles. The first kappa shape index (κ1) is 21.1. The Balaban J connectivity index is 0.00000261. The van der Waals surface area contributed by atoms with Crippen molar-refractivity contribution in [1.82, 2.24) is 5.32 Å². The second-order valence-corrected chi connectivity index (χ2v) is 6.83. The summed E-state index contributed by atoms with van der Waals surface area (Å²) in [6.45, 7) is 0.359. The number of rotatable bonds is 6. The summed E-state index contributed by atoms with van der Waals surface area (Å²) in [5.74, 6) is -0.119. The Labute approximate surface area is 162 Å². The number of nitrogen functional groups attached to an aromatic ring is 1. The first-order valence-electron chi connectivity index (χ1n) is 8.58. The monoisotopic (exact) mass is 398 g/mol. The van der Waals surface area contributed by atoms with E-state index in [1.54, 1.807) is 12.1 Å². The van der Waals surface area contributed by atoms with Crippen LogP contribution in [-0.2, 0) is 22.8 Å². The summed E-state index contributed by atoms with van der Waals surface area (Å²) in [5.41, 5.74) is 7.06. The number of halogens is 4. The predicted octanol–water partition coefficient (Wildman–Crippen LogP) is 4.49. The van der Waals surface area contributed by atoms with Gasteiger partial charge in [-0.2, -0.15) is 13.2 Å². The largest absolute Gasteiger partial charge is 0.416 e. The minimum atomic E-state index is -4.36. The summed E-state index contributed by atoms with van der Waals surface area (Å²) < 4.78 is 38.7.